The van der Waals surface area contributed by atoms with Crippen LogP contribution in [0.15, 0.2) is 24.3 Å². The van der Waals surface area contributed by atoms with Crippen LogP contribution in [0.1, 0.15) is 91.9 Å². The molecule has 0 amide bonds. The summed E-state index contributed by atoms with van der Waals surface area (Å²) in [6, 6.07) is 7.43. The molecule has 34 heavy (non-hydrogen) atoms. The van der Waals surface area contributed by atoms with E-state index in [4.69, 9.17) is 9.47 Å². The zero-order chi connectivity index (χ0) is 25.3. The Balaban J connectivity index is 2.29. The maximum atomic E-state index is 12.0. The first-order valence-corrected chi connectivity index (χ1v) is 12.8. The number of carbonyl (C=O) groups excluding carboxylic acids is 4. The van der Waals surface area contributed by atoms with Crippen LogP contribution >= 0.6 is 0 Å². The van der Waals surface area contributed by atoms with E-state index in [-0.39, 0.29) is 23.1 Å². The third kappa shape index (κ3) is 10.6. The van der Waals surface area contributed by atoms with Gasteiger partial charge in [-0.2, -0.15) is 0 Å². The van der Waals surface area contributed by atoms with Gasteiger partial charge in [-0.25, -0.2) is 0 Å². The van der Waals surface area contributed by atoms with E-state index in [0.717, 1.165) is 37.2 Å². The van der Waals surface area contributed by atoms with Gasteiger partial charge in [0, 0.05) is 25.7 Å². The van der Waals surface area contributed by atoms with E-state index >= 15 is 0 Å². The average Bonchev–Trinajstić information content (AvgIpc) is 2.87. The number of ether oxygens (including phenoxy) is 2. The van der Waals surface area contributed by atoms with Crippen LogP contribution in [-0.2, 0) is 19.2 Å². The SMILES string of the molecule is CCC(=O)C(CCCCOc1ccc(OCCCCC(C(=O)CC)C(=O)CC)cc1)C(=O)CC. The number of Topliss-reactive ketones (excluding diaryl/α,β-unsaturated/α-hetero) is 4. The first-order valence-electron chi connectivity index (χ1n) is 12.8. The van der Waals surface area contributed by atoms with E-state index in [2.05, 4.69) is 0 Å². The average molecular weight is 475 g/mol. The molecule has 0 fully saturated rings. The van der Waals surface area contributed by atoms with Gasteiger partial charge in [-0.05, 0) is 62.8 Å². The molecule has 190 valence electrons. The summed E-state index contributed by atoms with van der Waals surface area (Å²) in [5, 5.41) is 0. The Morgan fingerprint density at radius 2 is 0.853 bits per heavy atom. The molecule has 0 aliphatic heterocycles. The van der Waals surface area contributed by atoms with Crippen molar-refractivity contribution < 1.29 is 28.7 Å². The molecule has 0 aliphatic carbocycles. The molecule has 0 radical (unpaired) electrons. The lowest BCUT2D eigenvalue weighted by molar-refractivity contribution is -0.134. The summed E-state index contributed by atoms with van der Waals surface area (Å²) >= 11 is 0. The predicted molar refractivity (Wildman–Crippen MR) is 133 cm³/mol. The van der Waals surface area contributed by atoms with Crippen molar-refractivity contribution in [3.8, 4) is 11.5 Å². The van der Waals surface area contributed by atoms with Crippen LogP contribution in [-0.4, -0.2) is 36.3 Å². The summed E-state index contributed by atoms with van der Waals surface area (Å²) < 4.78 is 11.5. The Morgan fingerprint density at radius 3 is 1.12 bits per heavy atom. The van der Waals surface area contributed by atoms with Crippen LogP contribution in [0.4, 0.5) is 0 Å². The molecule has 1 rings (SSSR count). The third-order valence-corrected chi connectivity index (χ3v) is 6.08. The van der Waals surface area contributed by atoms with Gasteiger partial charge in [0.2, 0.25) is 0 Å². The van der Waals surface area contributed by atoms with Crippen molar-refractivity contribution in [3.05, 3.63) is 24.3 Å². The summed E-state index contributed by atoms with van der Waals surface area (Å²) in [5.41, 5.74) is 0. The van der Waals surface area contributed by atoms with Gasteiger partial charge in [0.1, 0.15) is 34.6 Å². The van der Waals surface area contributed by atoms with Crippen molar-refractivity contribution in [1.82, 2.24) is 0 Å². The number of hydrogen-bond acceptors (Lipinski definition) is 6. The van der Waals surface area contributed by atoms with E-state index in [0.29, 0.717) is 51.7 Å². The highest BCUT2D eigenvalue weighted by Crippen LogP contribution is 2.20. The fraction of sp³-hybridized carbons (Fsp3) is 0.643. The number of rotatable bonds is 20. The lowest BCUT2D eigenvalue weighted by Gasteiger charge is -2.13. The normalized spacial score (nSPS) is 11.0. The molecule has 0 unspecified atom stereocenters. The molecule has 0 atom stereocenters. The number of hydrogen-bond donors (Lipinski definition) is 0. The van der Waals surface area contributed by atoms with Crippen molar-refractivity contribution >= 4 is 23.1 Å². The van der Waals surface area contributed by atoms with Crippen molar-refractivity contribution in [3.63, 3.8) is 0 Å². The lowest BCUT2D eigenvalue weighted by Crippen LogP contribution is -2.23. The highest BCUT2D eigenvalue weighted by molar-refractivity contribution is 6.02. The van der Waals surface area contributed by atoms with Gasteiger partial charge >= 0.3 is 0 Å². The highest BCUT2D eigenvalue weighted by atomic mass is 16.5. The summed E-state index contributed by atoms with van der Waals surface area (Å²) in [5.74, 6) is 0.709. The van der Waals surface area contributed by atoms with Crippen LogP contribution in [0.2, 0.25) is 0 Å². The first-order chi connectivity index (χ1) is 16.4. The van der Waals surface area contributed by atoms with E-state index in [1.54, 1.807) is 27.7 Å². The van der Waals surface area contributed by atoms with Gasteiger partial charge < -0.3 is 9.47 Å². The number of ketones is 4. The maximum absolute atomic E-state index is 12.0. The second kappa shape index (κ2) is 17.0. The monoisotopic (exact) mass is 474 g/mol. The third-order valence-electron chi connectivity index (χ3n) is 6.08. The minimum atomic E-state index is -0.461. The molecular weight excluding hydrogens is 432 g/mol. The molecule has 0 bridgehead atoms. The molecule has 0 aliphatic rings. The second-order valence-electron chi connectivity index (χ2n) is 8.54. The topological polar surface area (TPSA) is 86.7 Å². The number of carbonyl (C=O) groups is 4. The molecule has 1 aromatic rings. The Bertz CT molecular complexity index is 671. The Labute approximate surface area is 204 Å². The molecule has 0 aromatic heterocycles. The lowest BCUT2D eigenvalue weighted by atomic mass is 9.90. The van der Waals surface area contributed by atoms with Gasteiger partial charge in [-0.3, -0.25) is 19.2 Å². The van der Waals surface area contributed by atoms with Gasteiger partial charge in [-0.15, -0.1) is 0 Å². The van der Waals surface area contributed by atoms with E-state index in [9.17, 15) is 19.2 Å². The molecule has 0 heterocycles. The van der Waals surface area contributed by atoms with Gasteiger partial charge in [-0.1, -0.05) is 27.7 Å². The van der Waals surface area contributed by atoms with Gasteiger partial charge in [0.15, 0.2) is 0 Å². The van der Waals surface area contributed by atoms with Gasteiger partial charge in [0.05, 0.1) is 25.0 Å². The second-order valence-corrected chi connectivity index (χ2v) is 8.54. The minimum Gasteiger partial charge on any atom is -0.494 e. The quantitative estimate of drug-likeness (QED) is 0.172. The largest absolute Gasteiger partial charge is 0.494 e. The summed E-state index contributed by atoms with van der Waals surface area (Å²) in [4.78, 5) is 47.8. The standard InChI is InChI=1S/C28H42O6/c1-5-25(29)23(26(30)6-2)13-9-11-19-33-21-15-17-22(18-16-21)34-20-12-10-14-24(27(31)7-3)28(32)8-4/h15-18,23-24H,5-14,19-20H2,1-4H3. The van der Waals surface area contributed by atoms with E-state index < -0.39 is 11.8 Å². The zero-order valence-corrected chi connectivity index (χ0v) is 21.4. The summed E-state index contributed by atoms with van der Waals surface area (Å²) in [6.45, 7) is 8.26. The zero-order valence-electron chi connectivity index (χ0n) is 21.4. The molecule has 0 saturated carbocycles. The summed E-state index contributed by atoms with van der Waals surface area (Å²) in [6.07, 6.45) is 5.91. The van der Waals surface area contributed by atoms with Crippen LogP contribution in [0.5, 0.6) is 11.5 Å². The highest BCUT2D eigenvalue weighted by Gasteiger charge is 2.23. The van der Waals surface area contributed by atoms with Crippen molar-refractivity contribution in [2.45, 2.75) is 91.9 Å². The van der Waals surface area contributed by atoms with Crippen LogP contribution in [0.3, 0.4) is 0 Å². The van der Waals surface area contributed by atoms with Crippen molar-refractivity contribution in [2.24, 2.45) is 11.8 Å². The van der Waals surface area contributed by atoms with Crippen LogP contribution in [0, 0.1) is 11.8 Å². The van der Waals surface area contributed by atoms with Crippen LogP contribution < -0.4 is 9.47 Å². The molecule has 1 aromatic carbocycles. The fourth-order valence-corrected chi connectivity index (χ4v) is 3.90. The Morgan fingerprint density at radius 1 is 0.559 bits per heavy atom. The molecular formula is C28H42O6. The smallest absolute Gasteiger partial charge is 0.143 e. The number of benzene rings is 1. The van der Waals surface area contributed by atoms with E-state index in [1.807, 2.05) is 24.3 Å². The first kappa shape index (κ1) is 29.5. The molecule has 6 heteroatoms. The Kier molecular flexibility index (Phi) is 14.8. The molecule has 6 nitrogen and oxygen atoms in total. The maximum Gasteiger partial charge on any atom is 0.143 e. The molecule has 0 N–H and O–H groups in total. The van der Waals surface area contributed by atoms with Gasteiger partial charge in [0.25, 0.3) is 0 Å². The van der Waals surface area contributed by atoms with Crippen molar-refractivity contribution in [2.75, 3.05) is 13.2 Å². The minimum absolute atomic E-state index is 0.0343. The van der Waals surface area contributed by atoms with Crippen LogP contribution in [0.25, 0.3) is 0 Å². The Hall–Kier alpha value is -2.50. The summed E-state index contributed by atoms with van der Waals surface area (Å²) in [7, 11) is 0. The van der Waals surface area contributed by atoms with Crippen molar-refractivity contribution in [1.29, 1.82) is 0 Å². The van der Waals surface area contributed by atoms with E-state index in [1.165, 1.54) is 0 Å². The molecule has 0 saturated heterocycles. The molecule has 0 spiro atoms. The fourth-order valence-electron chi connectivity index (χ4n) is 3.90. The number of unbranched alkanes of at least 4 members (excludes halogenated alkanes) is 2. The predicted octanol–water partition coefficient (Wildman–Crippen LogP) is 5.93.